The summed E-state index contributed by atoms with van der Waals surface area (Å²) in [6.45, 7) is 6.32. The van der Waals surface area contributed by atoms with Crippen LogP contribution < -0.4 is 5.32 Å². The molecule has 0 unspecified atom stereocenters. The van der Waals surface area contributed by atoms with Gasteiger partial charge in [-0.05, 0) is 48.1 Å². The molecule has 0 bridgehead atoms. The number of aromatic nitrogens is 1. The second-order valence-corrected chi connectivity index (χ2v) is 9.54. The number of carbonyl (C=O) groups is 1. The van der Waals surface area contributed by atoms with E-state index < -0.39 is 0 Å². The molecule has 0 saturated heterocycles. The smallest absolute Gasteiger partial charge is 0.233 e. The van der Waals surface area contributed by atoms with Crippen molar-refractivity contribution in [2.24, 2.45) is 5.92 Å². The van der Waals surface area contributed by atoms with Crippen LogP contribution in [0, 0.1) is 5.92 Å². The number of amides is 1. The van der Waals surface area contributed by atoms with Crippen molar-refractivity contribution in [3.8, 4) is 0 Å². The van der Waals surface area contributed by atoms with E-state index in [9.17, 15) is 4.79 Å². The molecule has 1 atom stereocenters. The highest BCUT2D eigenvalue weighted by molar-refractivity contribution is 7.15. The Morgan fingerprint density at radius 3 is 2.38 bits per heavy atom. The molecule has 29 heavy (non-hydrogen) atoms. The van der Waals surface area contributed by atoms with Gasteiger partial charge in [0.25, 0.3) is 0 Å². The van der Waals surface area contributed by atoms with Crippen LogP contribution in [0.2, 0.25) is 10.0 Å². The molecule has 0 aliphatic heterocycles. The van der Waals surface area contributed by atoms with Gasteiger partial charge in [-0.3, -0.25) is 4.79 Å². The van der Waals surface area contributed by atoms with Crippen molar-refractivity contribution in [3.63, 3.8) is 0 Å². The zero-order valence-electron chi connectivity index (χ0n) is 16.7. The maximum absolute atomic E-state index is 12.6. The number of halogens is 2. The summed E-state index contributed by atoms with van der Waals surface area (Å²) in [6.07, 6.45) is 3.52. The van der Waals surface area contributed by atoms with Crippen LogP contribution >= 0.6 is 34.5 Å². The fraction of sp³-hybridized carbons (Fsp3) is 0.304. The highest BCUT2D eigenvalue weighted by Gasteiger charge is 2.17. The largest absolute Gasteiger partial charge is 0.301 e. The number of hydrogen-bond acceptors (Lipinski definition) is 3. The van der Waals surface area contributed by atoms with E-state index >= 15 is 0 Å². The molecule has 0 fully saturated rings. The Labute approximate surface area is 186 Å². The maximum atomic E-state index is 12.6. The summed E-state index contributed by atoms with van der Waals surface area (Å²) in [4.78, 5) is 18.0. The Morgan fingerprint density at radius 2 is 1.72 bits per heavy atom. The summed E-state index contributed by atoms with van der Waals surface area (Å²) in [6, 6.07) is 13.9. The van der Waals surface area contributed by atoms with E-state index in [1.54, 1.807) is 12.3 Å². The van der Waals surface area contributed by atoms with Crippen LogP contribution in [-0.4, -0.2) is 10.9 Å². The molecule has 0 saturated carbocycles. The lowest BCUT2D eigenvalue weighted by molar-refractivity contribution is -0.117. The van der Waals surface area contributed by atoms with Crippen molar-refractivity contribution in [2.75, 3.05) is 5.32 Å². The number of nitrogens with zero attached hydrogens (tertiary/aromatic N) is 1. The quantitative estimate of drug-likeness (QED) is 0.425. The lowest BCUT2D eigenvalue weighted by Crippen LogP contribution is -2.18. The van der Waals surface area contributed by atoms with Crippen molar-refractivity contribution < 1.29 is 4.79 Å². The van der Waals surface area contributed by atoms with E-state index in [2.05, 4.69) is 36.3 Å². The molecule has 1 heterocycles. The van der Waals surface area contributed by atoms with Gasteiger partial charge in [-0.1, -0.05) is 67.4 Å². The van der Waals surface area contributed by atoms with Crippen molar-refractivity contribution >= 4 is 45.6 Å². The van der Waals surface area contributed by atoms with Gasteiger partial charge in [0.2, 0.25) is 5.91 Å². The molecule has 1 aromatic heterocycles. The van der Waals surface area contributed by atoms with Crippen molar-refractivity contribution in [2.45, 2.75) is 39.5 Å². The first-order valence-corrected chi connectivity index (χ1v) is 11.2. The summed E-state index contributed by atoms with van der Waals surface area (Å²) in [5.74, 6) is 0.312. The third-order valence-corrected chi connectivity index (χ3v) is 6.31. The summed E-state index contributed by atoms with van der Waals surface area (Å²) in [5.41, 5.74) is 3.35. The highest BCUT2D eigenvalue weighted by atomic mass is 35.5. The fourth-order valence-corrected chi connectivity index (χ4v) is 4.25. The fourth-order valence-electron chi connectivity index (χ4n) is 3.08. The van der Waals surface area contributed by atoms with Gasteiger partial charge in [0.1, 0.15) is 0 Å². The minimum absolute atomic E-state index is 0.0583. The van der Waals surface area contributed by atoms with Crippen molar-refractivity contribution in [3.05, 3.63) is 80.3 Å². The second kappa shape index (κ2) is 9.75. The minimum atomic E-state index is -0.245. The molecule has 0 radical (unpaired) electrons. The molecular weight excluding hydrogens is 423 g/mol. The molecular formula is C23H24Cl2N2OS. The molecule has 1 N–H and O–H groups in total. The topological polar surface area (TPSA) is 42.0 Å². The Balaban J connectivity index is 1.61. The zero-order valence-corrected chi connectivity index (χ0v) is 19.0. The molecule has 3 rings (SSSR count). The first-order chi connectivity index (χ1) is 13.8. The second-order valence-electron chi connectivity index (χ2n) is 7.61. The van der Waals surface area contributed by atoms with Gasteiger partial charge in [-0.2, -0.15) is 0 Å². The first kappa shape index (κ1) is 21.8. The van der Waals surface area contributed by atoms with Crippen LogP contribution in [0.3, 0.4) is 0 Å². The van der Waals surface area contributed by atoms with Gasteiger partial charge in [-0.15, -0.1) is 11.3 Å². The maximum Gasteiger partial charge on any atom is 0.233 e. The number of hydrogen-bond donors (Lipinski definition) is 1. The van der Waals surface area contributed by atoms with E-state index in [-0.39, 0.29) is 11.8 Å². The molecule has 3 nitrogen and oxygen atoms in total. The average Bonchev–Trinajstić information content (AvgIpc) is 3.11. The summed E-state index contributed by atoms with van der Waals surface area (Å²) in [7, 11) is 0. The number of anilines is 1. The number of thiazole rings is 1. The summed E-state index contributed by atoms with van der Waals surface area (Å²) < 4.78 is 0. The third kappa shape index (κ3) is 6.05. The van der Waals surface area contributed by atoms with Crippen molar-refractivity contribution in [1.82, 2.24) is 4.98 Å². The van der Waals surface area contributed by atoms with Gasteiger partial charge in [0, 0.05) is 17.5 Å². The summed E-state index contributed by atoms with van der Waals surface area (Å²) >= 11 is 13.5. The molecule has 152 valence electrons. The highest BCUT2D eigenvalue weighted by Crippen LogP contribution is 2.27. The van der Waals surface area contributed by atoms with Crippen LogP contribution in [0.5, 0.6) is 0 Å². The number of benzene rings is 2. The van der Waals surface area contributed by atoms with E-state index in [4.69, 9.17) is 23.2 Å². The van der Waals surface area contributed by atoms with E-state index in [1.807, 2.05) is 31.2 Å². The van der Waals surface area contributed by atoms with Crippen LogP contribution in [0.4, 0.5) is 5.13 Å². The van der Waals surface area contributed by atoms with Crippen LogP contribution in [0.25, 0.3) is 0 Å². The molecule has 3 aromatic rings. The van der Waals surface area contributed by atoms with Gasteiger partial charge in [-0.25, -0.2) is 4.98 Å². The molecule has 1 amide bonds. The first-order valence-electron chi connectivity index (χ1n) is 9.60. The average molecular weight is 447 g/mol. The zero-order chi connectivity index (χ0) is 21.0. The SMILES string of the molecule is CC(C)Cc1ccc([C@H](C)C(=O)Nc2ncc(Cc3ccc(Cl)c(Cl)c3)s2)cc1. The lowest BCUT2D eigenvalue weighted by Gasteiger charge is -2.12. The van der Waals surface area contributed by atoms with E-state index in [0.717, 1.165) is 22.4 Å². The Hall–Kier alpha value is -1.88. The van der Waals surface area contributed by atoms with Gasteiger partial charge in [0.15, 0.2) is 5.13 Å². The summed E-state index contributed by atoms with van der Waals surface area (Å²) in [5, 5.41) is 4.62. The van der Waals surface area contributed by atoms with Crippen LogP contribution in [-0.2, 0) is 17.6 Å². The number of rotatable bonds is 7. The predicted octanol–water partition coefficient (Wildman–Crippen LogP) is 6.98. The van der Waals surface area contributed by atoms with Crippen molar-refractivity contribution in [1.29, 1.82) is 0 Å². The van der Waals surface area contributed by atoms with Crippen LogP contribution in [0.1, 0.15) is 48.3 Å². The monoisotopic (exact) mass is 446 g/mol. The Morgan fingerprint density at radius 1 is 1.03 bits per heavy atom. The standard InChI is InChI=1S/C23H24Cl2N2OS/c1-14(2)10-16-4-7-18(8-5-16)15(3)22(28)27-23-26-13-19(29-23)11-17-6-9-20(24)21(25)12-17/h4-9,12-15H,10-11H2,1-3H3,(H,26,27,28)/t15-/m0/s1. The molecule has 0 aliphatic rings. The third-order valence-electron chi connectivity index (χ3n) is 4.66. The molecule has 0 aliphatic carbocycles. The van der Waals surface area contributed by atoms with Gasteiger partial charge >= 0.3 is 0 Å². The number of carbonyl (C=O) groups excluding carboxylic acids is 1. The lowest BCUT2D eigenvalue weighted by atomic mass is 9.96. The normalized spacial score (nSPS) is 12.2. The van der Waals surface area contributed by atoms with Gasteiger partial charge in [0.05, 0.1) is 16.0 Å². The molecule has 2 aromatic carbocycles. The molecule has 6 heteroatoms. The minimum Gasteiger partial charge on any atom is -0.301 e. The van der Waals surface area contributed by atoms with E-state index in [1.165, 1.54) is 16.9 Å². The van der Waals surface area contributed by atoms with Crippen LogP contribution in [0.15, 0.2) is 48.7 Å². The van der Waals surface area contributed by atoms with Gasteiger partial charge < -0.3 is 5.32 Å². The number of nitrogens with one attached hydrogen (secondary N) is 1. The molecule has 0 spiro atoms. The Bertz CT molecular complexity index is 983. The Kier molecular flexibility index (Phi) is 7.33. The predicted molar refractivity (Wildman–Crippen MR) is 123 cm³/mol. The van der Waals surface area contributed by atoms with E-state index in [0.29, 0.717) is 27.5 Å².